The van der Waals surface area contributed by atoms with Crippen LogP contribution in [0.15, 0.2) is 72.8 Å². The molecule has 0 aromatic heterocycles. The molecule has 2 amide bonds. The first-order valence-corrected chi connectivity index (χ1v) is 7.53. The van der Waals surface area contributed by atoms with E-state index in [0.717, 1.165) is 22.2 Å². The minimum absolute atomic E-state index is 0.238. The Hall–Kier alpha value is -3.01. The summed E-state index contributed by atoms with van der Waals surface area (Å²) in [6.45, 7) is 0.860. The van der Waals surface area contributed by atoms with Gasteiger partial charge in [0.2, 0.25) is 0 Å². The number of fused-ring (bicyclic) bond motifs is 1. The Morgan fingerprint density at radius 3 is 2.48 bits per heavy atom. The fourth-order valence-corrected chi connectivity index (χ4v) is 2.35. The van der Waals surface area contributed by atoms with Crippen LogP contribution in [0.2, 0.25) is 0 Å². The van der Waals surface area contributed by atoms with E-state index >= 15 is 0 Å². The van der Waals surface area contributed by atoms with Crippen molar-refractivity contribution in [1.82, 2.24) is 5.32 Å². The van der Waals surface area contributed by atoms with Crippen molar-refractivity contribution >= 4 is 22.5 Å². The van der Waals surface area contributed by atoms with Crippen LogP contribution in [0, 0.1) is 0 Å². The van der Waals surface area contributed by atoms with Gasteiger partial charge in [-0.15, -0.1) is 0 Å². The number of rotatable bonds is 5. The molecule has 3 rings (SSSR count). The average Bonchev–Trinajstić information content (AvgIpc) is 2.60. The fraction of sp³-hybridized carbons (Fsp3) is 0.105. The minimum Gasteiger partial charge on any atom is -0.492 e. The van der Waals surface area contributed by atoms with Crippen LogP contribution in [0.3, 0.4) is 0 Å². The lowest BCUT2D eigenvalue weighted by molar-refractivity contribution is 0.247. The van der Waals surface area contributed by atoms with Gasteiger partial charge in [0.1, 0.15) is 12.4 Å². The number of hydrogen-bond acceptors (Lipinski definition) is 2. The van der Waals surface area contributed by atoms with Gasteiger partial charge < -0.3 is 15.4 Å². The zero-order valence-corrected chi connectivity index (χ0v) is 12.7. The number of hydrogen-bond donors (Lipinski definition) is 2. The van der Waals surface area contributed by atoms with Gasteiger partial charge in [-0.05, 0) is 23.6 Å². The van der Waals surface area contributed by atoms with Gasteiger partial charge in [-0.2, -0.15) is 0 Å². The van der Waals surface area contributed by atoms with Gasteiger partial charge in [-0.25, -0.2) is 4.79 Å². The lowest BCUT2D eigenvalue weighted by atomic mass is 10.1. The predicted octanol–water partition coefficient (Wildman–Crippen LogP) is 4.04. The average molecular weight is 306 g/mol. The van der Waals surface area contributed by atoms with Crippen molar-refractivity contribution < 1.29 is 9.53 Å². The third-order valence-electron chi connectivity index (χ3n) is 3.44. The van der Waals surface area contributed by atoms with Gasteiger partial charge in [-0.3, -0.25) is 0 Å². The summed E-state index contributed by atoms with van der Waals surface area (Å²) < 4.78 is 5.53. The molecule has 4 nitrogen and oxygen atoms in total. The molecule has 0 radical (unpaired) electrons. The molecule has 0 saturated carbocycles. The molecule has 0 saturated heterocycles. The Bertz CT molecular complexity index is 782. The molecule has 2 N–H and O–H groups in total. The van der Waals surface area contributed by atoms with Crippen molar-refractivity contribution in [2.75, 3.05) is 18.5 Å². The van der Waals surface area contributed by atoms with E-state index in [4.69, 9.17) is 4.74 Å². The molecule has 3 aromatic rings. The first-order chi connectivity index (χ1) is 11.3. The molecule has 0 bridgehead atoms. The van der Waals surface area contributed by atoms with Crippen molar-refractivity contribution in [2.45, 2.75) is 0 Å². The Balaban J connectivity index is 1.51. The largest absolute Gasteiger partial charge is 0.492 e. The monoisotopic (exact) mass is 306 g/mol. The fourth-order valence-electron chi connectivity index (χ4n) is 2.35. The van der Waals surface area contributed by atoms with Crippen molar-refractivity contribution in [3.8, 4) is 5.75 Å². The number of carbonyl (C=O) groups is 1. The highest BCUT2D eigenvalue weighted by atomic mass is 16.5. The summed E-state index contributed by atoms with van der Waals surface area (Å²) in [6.07, 6.45) is 0. The molecule has 0 spiro atoms. The summed E-state index contributed by atoms with van der Waals surface area (Å²) in [5.74, 6) is 0.795. The normalized spacial score (nSPS) is 10.3. The van der Waals surface area contributed by atoms with Crippen LogP contribution >= 0.6 is 0 Å². The van der Waals surface area contributed by atoms with Crippen LogP contribution < -0.4 is 15.4 Å². The lowest BCUT2D eigenvalue weighted by Gasteiger charge is -2.10. The van der Waals surface area contributed by atoms with Crippen molar-refractivity contribution in [3.63, 3.8) is 0 Å². The van der Waals surface area contributed by atoms with Crippen LogP contribution in [0.1, 0.15) is 0 Å². The highest BCUT2D eigenvalue weighted by Crippen LogP contribution is 2.22. The second kappa shape index (κ2) is 7.31. The quantitative estimate of drug-likeness (QED) is 0.699. The zero-order chi connectivity index (χ0) is 15.9. The van der Waals surface area contributed by atoms with Crippen LogP contribution in [-0.4, -0.2) is 19.2 Å². The number of carbonyl (C=O) groups excluding carboxylic acids is 1. The van der Waals surface area contributed by atoms with Gasteiger partial charge in [0.25, 0.3) is 0 Å². The van der Waals surface area contributed by atoms with Crippen LogP contribution in [0.4, 0.5) is 10.5 Å². The summed E-state index contributed by atoms with van der Waals surface area (Å²) >= 11 is 0. The number of ether oxygens (including phenoxy) is 1. The Morgan fingerprint density at radius 1 is 0.870 bits per heavy atom. The minimum atomic E-state index is -0.238. The smallest absolute Gasteiger partial charge is 0.319 e. The molecule has 0 fully saturated rings. The van der Waals surface area contributed by atoms with E-state index in [1.54, 1.807) is 0 Å². The highest BCUT2D eigenvalue weighted by Gasteiger charge is 2.04. The predicted molar refractivity (Wildman–Crippen MR) is 92.9 cm³/mol. The van der Waals surface area contributed by atoms with E-state index in [2.05, 4.69) is 10.6 Å². The van der Waals surface area contributed by atoms with E-state index < -0.39 is 0 Å². The van der Waals surface area contributed by atoms with Gasteiger partial charge in [0, 0.05) is 5.39 Å². The number of anilines is 1. The number of amides is 2. The Morgan fingerprint density at radius 2 is 1.61 bits per heavy atom. The molecule has 0 aliphatic carbocycles. The van der Waals surface area contributed by atoms with Crippen LogP contribution in [0.25, 0.3) is 10.8 Å². The molecule has 0 aliphatic heterocycles. The van der Waals surface area contributed by atoms with E-state index in [-0.39, 0.29) is 6.03 Å². The van der Waals surface area contributed by atoms with E-state index in [1.807, 2.05) is 72.8 Å². The number of urea groups is 1. The molecule has 3 aromatic carbocycles. The molecule has 4 heteroatoms. The molecule has 0 unspecified atom stereocenters. The zero-order valence-electron chi connectivity index (χ0n) is 12.7. The first kappa shape index (κ1) is 14.9. The molecule has 23 heavy (non-hydrogen) atoms. The SMILES string of the molecule is O=C(NCCOc1ccccc1)Nc1cccc2ccccc12. The third kappa shape index (κ3) is 4.01. The summed E-state index contributed by atoms with van der Waals surface area (Å²) in [5, 5.41) is 7.78. The van der Waals surface area contributed by atoms with Crippen molar-refractivity contribution in [2.24, 2.45) is 0 Å². The second-order valence-corrected chi connectivity index (χ2v) is 5.07. The van der Waals surface area contributed by atoms with Gasteiger partial charge in [0.05, 0.1) is 12.2 Å². The maximum atomic E-state index is 12.0. The van der Waals surface area contributed by atoms with Crippen molar-refractivity contribution in [3.05, 3.63) is 72.8 Å². The third-order valence-corrected chi connectivity index (χ3v) is 3.44. The second-order valence-electron chi connectivity index (χ2n) is 5.07. The molecule has 0 atom stereocenters. The molecular weight excluding hydrogens is 288 g/mol. The molecule has 0 heterocycles. The summed E-state index contributed by atoms with van der Waals surface area (Å²) in [7, 11) is 0. The number of para-hydroxylation sites is 1. The topological polar surface area (TPSA) is 50.4 Å². The summed E-state index contributed by atoms with van der Waals surface area (Å²) in [5.41, 5.74) is 0.796. The standard InChI is InChI=1S/C19H18N2O2/c22-19(20-13-14-23-16-9-2-1-3-10-16)21-18-12-6-8-15-7-4-5-11-17(15)18/h1-12H,13-14H2,(H2,20,21,22). The summed E-state index contributed by atoms with van der Waals surface area (Å²) in [6, 6.07) is 23.1. The maximum Gasteiger partial charge on any atom is 0.319 e. The Kier molecular flexibility index (Phi) is 4.74. The van der Waals surface area contributed by atoms with Crippen LogP contribution in [-0.2, 0) is 0 Å². The highest BCUT2D eigenvalue weighted by molar-refractivity contribution is 6.01. The van der Waals surface area contributed by atoms with Crippen molar-refractivity contribution in [1.29, 1.82) is 0 Å². The first-order valence-electron chi connectivity index (χ1n) is 7.53. The van der Waals surface area contributed by atoms with Gasteiger partial charge in [0.15, 0.2) is 0 Å². The molecule has 0 aliphatic rings. The number of nitrogens with one attached hydrogen (secondary N) is 2. The van der Waals surface area contributed by atoms with Gasteiger partial charge in [-0.1, -0.05) is 54.6 Å². The summed E-state index contributed by atoms with van der Waals surface area (Å²) in [4.78, 5) is 12.0. The van der Waals surface area contributed by atoms with E-state index in [0.29, 0.717) is 13.2 Å². The van der Waals surface area contributed by atoms with Crippen LogP contribution in [0.5, 0.6) is 5.75 Å². The maximum absolute atomic E-state index is 12.0. The number of benzene rings is 3. The molecule has 116 valence electrons. The lowest BCUT2D eigenvalue weighted by Crippen LogP contribution is -2.32. The van der Waals surface area contributed by atoms with Gasteiger partial charge >= 0.3 is 6.03 Å². The van der Waals surface area contributed by atoms with E-state index in [9.17, 15) is 4.79 Å². The van der Waals surface area contributed by atoms with E-state index in [1.165, 1.54) is 0 Å². The Labute approximate surface area is 135 Å². The molecular formula is C19H18N2O2.